The second-order valence-electron chi connectivity index (χ2n) is 10.7. The van der Waals surface area contributed by atoms with Crippen LogP contribution in [0.1, 0.15) is 94.3 Å². The van der Waals surface area contributed by atoms with Crippen LogP contribution in [-0.4, -0.2) is 23.5 Å². The second-order valence-corrected chi connectivity index (χ2v) is 10.7. The van der Waals surface area contributed by atoms with Crippen LogP contribution in [0.25, 0.3) is 0 Å². The fourth-order valence-electron chi connectivity index (χ4n) is 3.77. The fourth-order valence-corrected chi connectivity index (χ4v) is 3.77. The maximum absolute atomic E-state index is 13.8. The number of hydrogen-bond donors (Lipinski definition) is 0. The molecule has 1 aliphatic rings. The molecule has 0 atom stereocenters. The Bertz CT molecular complexity index is 1080. The van der Waals surface area contributed by atoms with E-state index >= 15 is 0 Å². The Hall–Kier alpha value is -3.28. The summed E-state index contributed by atoms with van der Waals surface area (Å²) in [7, 11) is 0. The van der Waals surface area contributed by atoms with Gasteiger partial charge in [-0.25, -0.2) is 0 Å². The highest BCUT2D eigenvalue weighted by Gasteiger charge is 2.40. The van der Waals surface area contributed by atoms with Crippen molar-refractivity contribution < 1.29 is 28.7 Å². The number of esters is 2. The first kappa shape index (κ1) is 25.3. The summed E-state index contributed by atoms with van der Waals surface area (Å²) >= 11 is 0. The van der Waals surface area contributed by atoms with Crippen LogP contribution >= 0.6 is 0 Å². The third-order valence-electron chi connectivity index (χ3n) is 5.64. The zero-order valence-electron chi connectivity index (χ0n) is 20.9. The van der Waals surface area contributed by atoms with Gasteiger partial charge in [-0.2, -0.15) is 0 Å². The molecule has 0 heterocycles. The molecule has 34 heavy (non-hydrogen) atoms. The van der Waals surface area contributed by atoms with Crippen molar-refractivity contribution in [1.29, 1.82) is 0 Å². The maximum Gasteiger partial charge on any atom is 0.316 e. The van der Waals surface area contributed by atoms with Crippen molar-refractivity contribution >= 4 is 23.5 Å². The Morgan fingerprint density at radius 1 is 0.765 bits per heavy atom. The summed E-state index contributed by atoms with van der Waals surface area (Å²) < 4.78 is 11.3. The van der Waals surface area contributed by atoms with Crippen molar-refractivity contribution in [2.75, 3.05) is 0 Å². The molecule has 6 heteroatoms. The minimum absolute atomic E-state index is 0.0592. The van der Waals surface area contributed by atoms with E-state index in [2.05, 4.69) is 0 Å². The smallest absolute Gasteiger partial charge is 0.316 e. The molecule has 0 aromatic heterocycles. The Morgan fingerprint density at radius 2 is 1.18 bits per heavy atom. The first-order valence-electron chi connectivity index (χ1n) is 11.5. The van der Waals surface area contributed by atoms with Gasteiger partial charge >= 0.3 is 11.9 Å². The van der Waals surface area contributed by atoms with Crippen LogP contribution in [0.4, 0.5) is 0 Å². The number of Topliss-reactive ketones (excluding diaryl/α,β-unsaturated/α-hetero) is 1. The van der Waals surface area contributed by atoms with Crippen molar-refractivity contribution in [3.8, 4) is 11.5 Å². The average molecular weight is 465 g/mol. The Balaban J connectivity index is 2.23. The Kier molecular flexibility index (Phi) is 6.83. The number of ketones is 2. The number of rotatable bonds is 5. The van der Waals surface area contributed by atoms with Gasteiger partial charge in [0.25, 0.3) is 0 Å². The number of ether oxygens (including phenoxy) is 2. The number of hydrogen-bond acceptors (Lipinski definition) is 6. The van der Waals surface area contributed by atoms with E-state index in [0.717, 1.165) is 0 Å². The molecule has 0 bridgehead atoms. The molecule has 3 rings (SSSR count). The topological polar surface area (TPSA) is 86.7 Å². The zero-order valence-corrected chi connectivity index (χ0v) is 20.9. The van der Waals surface area contributed by atoms with Crippen molar-refractivity contribution in [2.45, 2.75) is 67.2 Å². The van der Waals surface area contributed by atoms with Crippen molar-refractivity contribution in [3.63, 3.8) is 0 Å². The molecule has 6 nitrogen and oxygen atoms in total. The molecule has 1 aliphatic carbocycles. The van der Waals surface area contributed by atoms with Gasteiger partial charge in [0.1, 0.15) is 17.3 Å². The SMILES string of the molecule is CCCC(=O)C1c2cccc(OC(=O)C(C)(C)C)c2C(=O)c2c(OC(=O)C(C)(C)C)cccc21. The van der Waals surface area contributed by atoms with Crippen molar-refractivity contribution in [3.05, 3.63) is 58.7 Å². The molecular formula is C28H32O6. The van der Waals surface area contributed by atoms with E-state index in [1.807, 2.05) is 6.92 Å². The molecule has 180 valence electrons. The van der Waals surface area contributed by atoms with E-state index < -0.39 is 34.5 Å². The predicted octanol–water partition coefficient (Wildman–Crippen LogP) is 5.64. The lowest BCUT2D eigenvalue weighted by Gasteiger charge is -2.29. The largest absolute Gasteiger partial charge is 0.425 e. The van der Waals surface area contributed by atoms with Gasteiger partial charge in [-0.15, -0.1) is 0 Å². The molecule has 2 aromatic carbocycles. The van der Waals surface area contributed by atoms with Gasteiger partial charge in [0.15, 0.2) is 0 Å². The van der Waals surface area contributed by atoms with Crippen LogP contribution in [0, 0.1) is 10.8 Å². The lowest BCUT2D eigenvalue weighted by atomic mass is 9.74. The summed E-state index contributed by atoms with van der Waals surface area (Å²) in [5.41, 5.74) is -0.279. The second kappa shape index (κ2) is 9.16. The number of carbonyl (C=O) groups excluding carboxylic acids is 4. The van der Waals surface area contributed by atoms with Crippen LogP contribution in [0.15, 0.2) is 36.4 Å². The van der Waals surface area contributed by atoms with Gasteiger partial charge < -0.3 is 9.47 Å². The molecular weight excluding hydrogens is 432 g/mol. The summed E-state index contributed by atoms with van der Waals surface area (Å²) in [6.07, 6.45) is 0.959. The van der Waals surface area contributed by atoms with E-state index in [1.165, 1.54) is 0 Å². The van der Waals surface area contributed by atoms with E-state index in [4.69, 9.17) is 9.47 Å². The summed E-state index contributed by atoms with van der Waals surface area (Å²) in [5, 5.41) is 0. The molecule has 0 amide bonds. The van der Waals surface area contributed by atoms with Crippen LogP contribution < -0.4 is 9.47 Å². The van der Waals surface area contributed by atoms with Crippen LogP contribution in [-0.2, 0) is 14.4 Å². The monoisotopic (exact) mass is 464 g/mol. The van der Waals surface area contributed by atoms with Crippen molar-refractivity contribution in [2.24, 2.45) is 10.8 Å². The quantitative estimate of drug-likeness (QED) is 0.421. The third kappa shape index (κ3) is 4.81. The van der Waals surface area contributed by atoms with E-state index in [1.54, 1.807) is 77.9 Å². The van der Waals surface area contributed by atoms with Crippen LogP contribution in [0.3, 0.4) is 0 Å². The molecule has 0 unspecified atom stereocenters. The highest BCUT2D eigenvalue weighted by molar-refractivity contribution is 6.18. The standard InChI is InChI=1S/C28H32O6/c1-8-11-18(29)21-16-12-9-14-19(33-25(31)27(2,3)4)22(16)24(30)23-17(21)13-10-15-20(23)34-26(32)28(5,6)7/h9-10,12-15,21H,8,11H2,1-7H3. The predicted molar refractivity (Wildman–Crippen MR) is 128 cm³/mol. The number of carbonyl (C=O) groups is 4. The fraction of sp³-hybridized carbons (Fsp3) is 0.429. The van der Waals surface area contributed by atoms with Gasteiger partial charge in [0.2, 0.25) is 5.78 Å². The summed E-state index contributed by atoms with van der Waals surface area (Å²) in [6.45, 7) is 12.2. The van der Waals surface area contributed by atoms with Crippen molar-refractivity contribution in [1.82, 2.24) is 0 Å². The minimum atomic E-state index is -0.789. The van der Waals surface area contributed by atoms with Gasteiger partial charge in [-0.1, -0.05) is 31.2 Å². The van der Waals surface area contributed by atoms with Gasteiger partial charge in [0, 0.05) is 6.42 Å². The van der Waals surface area contributed by atoms with Crippen LogP contribution in [0.5, 0.6) is 11.5 Å². The van der Waals surface area contributed by atoms with E-state index in [-0.39, 0.29) is 28.4 Å². The minimum Gasteiger partial charge on any atom is -0.425 e. The van der Waals surface area contributed by atoms with Crippen LogP contribution in [0.2, 0.25) is 0 Å². The lowest BCUT2D eigenvalue weighted by Crippen LogP contribution is -2.30. The van der Waals surface area contributed by atoms with E-state index in [9.17, 15) is 19.2 Å². The normalized spacial score (nSPS) is 13.7. The average Bonchev–Trinajstić information content (AvgIpc) is 2.72. The summed E-state index contributed by atoms with van der Waals surface area (Å²) in [5.74, 6) is -2.04. The first-order chi connectivity index (χ1) is 15.8. The molecule has 0 aliphatic heterocycles. The third-order valence-corrected chi connectivity index (χ3v) is 5.64. The number of fused-ring (bicyclic) bond motifs is 2. The van der Waals surface area contributed by atoms with E-state index in [0.29, 0.717) is 24.0 Å². The Morgan fingerprint density at radius 3 is 1.53 bits per heavy atom. The van der Waals surface area contributed by atoms with Gasteiger partial charge in [-0.05, 0) is 71.2 Å². The number of benzene rings is 2. The lowest BCUT2D eigenvalue weighted by molar-refractivity contribution is -0.143. The Labute approximate surface area is 200 Å². The molecule has 0 saturated heterocycles. The maximum atomic E-state index is 13.8. The van der Waals surface area contributed by atoms with Gasteiger partial charge in [0.05, 0.1) is 27.9 Å². The van der Waals surface area contributed by atoms with Gasteiger partial charge in [-0.3, -0.25) is 19.2 Å². The first-order valence-corrected chi connectivity index (χ1v) is 11.5. The summed E-state index contributed by atoms with van der Waals surface area (Å²) in [4.78, 5) is 52.4. The molecule has 2 aromatic rings. The molecule has 0 fully saturated rings. The highest BCUT2D eigenvalue weighted by Crippen LogP contribution is 2.45. The molecule has 0 N–H and O–H groups in total. The molecule has 0 spiro atoms. The molecule has 0 radical (unpaired) electrons. The summed E-state index contributed by atoms with van der Waals surface area (Å²) in [6, 6.07) is 9.90. The highest BCUT2D eigenvalue weighted by atomic mass is 16.5. The molecule has 0 saturated carbocycles. The zero-order chi connectivity index (χ0) is 25.4.